The average Bonchev–Trinajstić information content (AvgIpc) is 2.33. The van der Waals surface area contributed by atoms with Gasteiger partial charge in [0.25, 0.3) is 0 Å². The van der Waals surface area contributed by atoms with Crippen LogP contribution in [0.4, 0.5) is 0 Å². The Kier molecular flexibility index (Phi) is 4.83. The fourth-order valence-corrected chi connectivity index (χ4v) is 2.11. The van der Waals surface area contributed by atoms with Crippen molar-refractivity contribution >= 4 is 0 Å². The maximum atomic E-state index is 6.69. The third kappa shape index (κ3) is 3.76. The summed E-state index contributed by atoms with van der Waals surface area (Å²) in [5.41, 5.74) is 0. The summed E-state index contributed by atoms with van der Waals surface area (Å²) in [7, 11) is 0. The Morgan fingerprint density at radius 1 is 1.08 bits per heavy atom. The third-order valence-electron chi connectivity index (χ3n) is 2.86. The summed E-state index contributed by atoms with van der Waals surface area (Å²) in [6.45, 7) is 7.43. The second-order valence-corrected chi connectivity index (χ2v) is 3.88. The van der Waals surface area contributed by atoms with E-state index >= 15 is 0 Å². The van der Waals surface area contributed by atoms with Crippen LogP contribution in [-0.2, 0) is 0 Å². The van der Waals surface area contributed by atoms with E-state index in [1.807, 2.05) is 0 Å². The van der Waals surface area contributed by atoms with Gasteiger partial charge in [0.05, 0.1) is 0 Å². The van der Waals surface area contributed by atoms with Crippen LogP contribution in [0.3, 0.4) is 0 Å². The first-order chi connectivity index (χ1) is 5.93. The van der Waals surface area contributed by atoms with E-state index < -0.39 is 0 Å². The normalized spacial score (nSPS) is 19.9. The summed E-state index contributed by atoms with van der Waals surface area (Å²) in [4.78, 5) is 3.39. The summed E-state index contributed by atoms with van der Waals surface area (Å²) in [5.74, 6) is 0.953. The zero-order valence-electron chi connectivity index (χ0n) is 7.89. The maximum absolute atomic E-state index is 6.69. The predicted octanol–water partition coefficient (Wildman–Crippen LogP) is 3.66. The SMILES string of the molecule is [C-]#[N+]CCCC1CCCCCC1. The lowest BCUT2D eigenvalue weighted by molar-refractivity contribution is 0.422. The monoisotopic (exact) mass is 165 g/mol. The predicted molar refractivity (Wildman–Crippen MR) is 51.9 cm³/mol. The molecule has 0 saturated heterocycles. The van der Waals surface area contributed by atoms with E-state index in [0.29, 0.717) is 0 Å². The van der Waals surface area contributed by atoms with Crippen molar-refractivity contribution in [3.8, 4) is 0 Å². The molecule has 0 aromatic rings. The van der Waals surface area contributed by atoms with Gasteiger partial charge in [-0.25, -0.2) is 6.57 Å². The van der Waals surface area contributed by atoms with Crippen molar-refractivity contribution in [1.82, 2.24) is 0 Å². The molecule has 12 heavy (non-hydrogen) atoms. The second kappa shape index (κ2) is 6.06. The molecule has 1 heteroatoms. The van der Waals surface area contributed by atoms with Gasteiger partial charge < -0.3 is 4.85 Å². The average molecular weight is 165 g/mol. The Hall–Kier alpha value is -0.510. The zero-order chi connectivity index (χ0) is 8.65. The molecule has 0 atom stereocenters. The van der Waals surface area contributed by atoms with Gasteiger partial charge in [-0.05, 0) is 12.3 Å². The van der Waals surface area contributed by atoms with Crippen molar-refractivity contribution in [3.05, 3.63) is 11.4 Å². The molecule has 0 aromatic carbocycles. The fraction of sp³-hybridized carbons (Fsp3) is 0.909. The minimum Gasteiger partial charge on any atom is -0.317 e. The van der Waals surface area contributed by atoms with Crippen LogP contribution in [0.1, 0.15) is 51.4 Å². The van der Waals surface area contributed by atoms with Gasteiger partial charge in [0, 0.05) is 6.42 Å². The molecule has 0 unspecified atom stereocenters. The Bertz CT molecular complexity index is 138. The Labute approximate surface area is 76.0 Å². The molecule has 0 aromatic heterocycles. The number of rotatable bonds is 3. The standard InChI is InChI=1S/C11H19N/c1-12-10-6-9-11-7-4-2-3-5-8-11/h11H,2-10H2. The Morgan fingerprint density at radius 2 is 1.75 bits per heavy atom. The molecule has 0 heterocycles. The lowest BCUT2D eigenvalue weighted by Crippen LogP contribution is -1.98. The molecule has 1 rings (SSSR count). The molecule has 1 fully saturated rings. The van der Waals surface area contributed by atoms with E-state index in [-0.39, 0.29) is 0 Å². The molecule has 0 aliphatic heterocycles. The minimum atomic E-state index is 0.747. The van der Waals surface area contributed by atoms with Gasteiger partial charge >= 0.3 is 0 Å². The largest absolute Gasteiger partial charge is 0.317 e. The fourth-order valence-electron chi connectivity index (χ4n) is 2.11. The lowest BCUT2D eigenvalue weighted by Gasteiger charge is -2.10. The molecule has 68 valence electrons. The van der Waals surface area contributed by atoms with Crippen molar-refractivity contribution in [1.29, 1.82) is 0 Å². The van der Waals surface area contributed by atoms with Crippen LogP contribution in [0.5, 0.6) is 0 Å². The molecular weight excluding hydrogens is 146 g/mol. The molecule has 0 N–H and O–H groups in total. The van der Waals surface area contributed by atoms with E-state index in [2.05, 4.69) is 4.85 Å². The quantitative estimate of drug-likeness (QED) is 0.341. The minimum absolute atomic E-state index is 0.747. The summed E-state index contributed by atoms with van der Waals surface area (Å²) >= 11 is 0. The lowest BCUT2D eigenvalue weighted by atomic mass is 9.95. The molecule has 1 aliphatic rings. The number of nitrogens with zero attached hydrogens (tertiary/aromatic N) is 1. The summed E-state index contributed by atoms with van der Waals surface area (Å²) in [6, 6.07) is 0. The summed E-state index contributed by atoms with van der Waals surface area (Å²) in [5, 5.41) is 0. The Morgan fingerprint density at radius 3 is 2.33 bits per heavy atom. The molecule has 1 nitrogen and oxygen atoms in total. The first kappa shape index (κ1) is 9.58. The summed E-state index contributed by atoms with van der Waals surface area (Å²) in [6.07, 6.45) is 11.1. The molecule has 0 amide bonds. The van der Waals surface area contributed by atoms with E-state index in [0.717, 1.165) is 18.9 Å². The number of hydrogen-bond acceptors (Lipinski definition) is 0. The van der Waals surface area contributed by atoms with Crippen LogP contribution < -0.4 is 0 Å². The van der Waals surface area contributed by atoms with Crippen LogP contribution in [0.25, 0.3) is 4.85 Å². The first-order valence-corrected chi connectivity index (χ1v) is 5.26. The van der Waals surface area contributed by atoms with E-state index in [1.165, 1.54) is 44.9 Å². The van der Waals surface area contributed by atoms with Gasteiger partial charge in [-0.3, -0.25) is 0 Å². The van der Waals surface area contributed by atoms with Gasteiger partial charge in [0.2, 0.25) is 6.54 Å². The highest BCUT2D eigenvalue weighted by molar-refractivity contribution is 4.67. The van der Waals surface area contributed by atoms with Crippen LogP contribution in [0.15, 0.2) is 0 Å². The molecule has 1 aliphatic carbocycles. The van der Waals surface area contributed by atoms with Crippen molar-refractivity contribution in [2.24, 2.45) is 5.92 Å². The van der Waals surface area contributed by atoms with Gasteiger partial charge in [-0.15, -0.1) is 0 Å². The highest BCUT2D eigenvalue weighted by Crippen LogP contribution is 2.26. The smallest absolute Gasteiger partial charge is 0.214 e. The summed E-state index contributed by atoms with van der Waals surface area (Å²) < 4.78 is 0. The third-order valence-corrected chi connectivity index (χ3v) is 2.86. The molecule has 0 radical (unpaired) electrons. The van der Waals surface area contributed by atoms with Crippen molar-refractivity contribution < 1.29 is 0 Å². The van der Waals surface area contributed by atoms with Gasteiger partial charge in [0.15, 0.2) is 0 Å². The topological polar surface area (TPSA) is 4.36 Å². The maximum Gasteiger partial charge on any atom is 0.214 e. The zero-order valence-corrected chi connectivity index (χ0v) is 7.89. The molecule has 0 bridgehead atoms. The van der Waals surface area contributed by atoms with E-state index in [4.69, 9.17) is 6.57 Å². The van der Waals surface area contributed by atoms with Crippen molar-refractivity contribution in [2.75, 3.05) is 6.54 Å². The highest BCUT2D eigenvalue weighted by Gasteiger charge is 2.11. The van der Waals surface area contributed by atoms with Crippen LogP contribution in [-0.4, -0.2) is 6.54 Å². The van der Waals surface area contributed by atoms with Gasteiger partial charge in [-0.1, -0.05) is 38.5 Å². The van der Waals surface area contributed by atoms with E-state index in [9.17, 15) is 0 Å². The van der Waals surface area contributed by atoms with Crippen LogP contribution >= 0.6 is 0 Å². The second-order valence-electron chi connectivity index (χ2n) is 3.88. The van der Waals surface area contributed by atoms with Crippen molar-refractivity contribution in [2.45, 2.75) is 51.4 Å². The van der Waals surface area contributed by atoms with Crippen LogP contribution in [0, 0.1) is 12.5 Å². The van der Waals surface area contributed by atoms with Gasteiger partial charge in [0.1, 0.15) is 0 Å². The van der Waals surface area contributed by atoms with Crippen molar-refractivity contribution in [3.63, 3.8) is 0 Å². The first-order valence-electron chi connectivity index (χ1n) is 5.26. The van der Waals surface area contributed by atoms with E-state index in [1.54, 1.807) is 0 Å². The molecule has 1 saturated carbocycles. The van der Waals surface area contributed by atoms with Gasteiger partial charge in [-0.2, -0.15) is 0 Å². The Balaban J connectivity index is 2.08. The number of hydrogen-bond donors (Lipinski definition) is 0. The molecule has 0 spiro atoms. The molecular formula is C11H19N. The highest BCUT2D eigenvalue weighted by atomic mass is 14.6. The van der Waals surface area contributed by atoms with Crippen LogP contribution in [0.2, 0.25) is 0 Å².